The zero-order chi connectivity index (χ0) is 42.1. The molecule has 4 aromatic heterocycles. The second-order valence-electron chi connectivity index (χ2n) is 17.8. The number of benzene rings is 5. The summed E-state index contributed by atoms with van der Waals surface area (Å²) in [5.41, 5.74) is 13.9. The third-order valence-electron chi connectivity index (χ3n) is 11.1. The molecule has 0 spiro atoms. The number of furan rings is 1. The summed E-state index contributed by atoms with van der Waals surface area (Å²) in [4.78, 5) is 14.7. The first-order valence-electron chi connectivity index (χ1n) is 21.2. The quantitative estimate of drug-likeness (QED) is 0.107. The van der Waals surface area contributed by atoms with Crippen LogP contribution in [-0.2, 0) is 26.5 Å². The van der Waals surface area contributed by atoms with E-state index in [1.54, 1.807) is 4.40 Å². The van der Waals surface area contributed by atoms with Gasteiger partial charge in [-0.15, -0.1) is 18.2 Å². The van der Waals surface area contributed by atoms with Crippen molar-refractivity contribution in [3.05, 3.63) is 163 Å². The van der Waals surface area contributed by atoms with E-state index in [9.17, 15) is 0 Å². The first-order valence-corrected chi connectivity index (χ1v) is 28.6. The Balaban J connectivity index is 0.000000226. The molecule has 0 atom stereocenters. The van der Waals surface area contributed by atoms with Crippen LogP contribution in [0.2, 0.25) is 17.3 Å². The minimum Gasteiger partial charge on any atom is -0.501 e. The molecule has 9 rings (SSSR count). The largest absolute Gasteiger partial charge is 0.501 e. The van der Waals surface area contributed by atoms with Crippen molar-refractivity contribution in [3.63, 3.8) is 0 Å². The van der Waals surface area contributed by atoms with Gasteiger partial charge >= 0.3 is 126 Å². The van der Waals surface area contributed by atoms with E-state index in [0.29, 0.717) is 5.92 Å². The minimum atomic E-state index is -1.86. The number of para-hydroxylation sites is 1. The maximum atomic E-state index is 6.45. The van der Waals surface area contributed by atoms with Crippen molar-refractivity contribution in [1.29, 1.82) is 0 Å². The predicted octanol–water partition coefficient (Wildman–Crippen LogP) is 14.0. The molecular formula is C54H54GeIrN4O-2. The Hall–Kier alpha value is -5.14. The van der Waals surface area contributed by atoms with E-state index >= 15 is 0 Å². The van der Waals surface area contributed by atoms with E-state index in [0.717, 1.165) is 67.9 Å². The van der Waals surface area contributed by atoms with E-state index in [-0.39, 0.29) is 31.9 Å². The number of fused-ring (bicyclic) bond motifs is 4. The normalized spacial score (nSPS) is 11.7. The summed E-state index contributed by atoms with van der Waals surface area (Å²) in [5, 5.41) is 2.15. The fourth-order valence-corrected chi connectivity index (χ4v) is 11.6. The van der Waals surface area contributed by atoms with Crippen LogP contribution in [0.5, 0.6) is 0 Å². The summed E-state index contributed by atoms with van der Waals surface area (Å²) in [6.45, 7) is 13.6. The molecule has 0 saturated heterocycles. The second kappa shape index (κ2) is 18.5. The van der Waals surface area contributed by atoms with E-state index < -0.39 is 13.3 Å². The van der Waals surface area contributed by atoms with Gasteiger partial charge in [0, 0.05) is 37.4 Å². The smallest absolute Gasteiger partial charge is 0.155 e. The Bertz CT molecular complexity index is 2900. The molecule has 0 aliphatic heterocycles. The van der Waals surface area contributed by atoms with Gasteiger partial charge in [0.15, 0.2) is 5.65 Å². The Morgan fingerprint density at radius 2 is 1.39 bits per heavy atom. The molecule has 61 heavy (non-hydrogen) atoms. The Kier molecular flexibility index (Phi) is 13.3. The number of hydrogen-bond donors (Lipinski definition) is 0. The van der Waals surface area contributed by atoms with Gasteiger partial charge in [-0.3, -0.25) is 4.98 Å². The molecule has 5 aromatic carbocycles. The van der Waals surface area contributed by atoms with E-state index in [1.807, 2.05) is 60.8 Å². The molecule has 0 aliphatic carbocycles. The van der Waals surface area contributed by atoms with Gasteiger partial charge < -0.3 is 8.98 Å². The van der Waals surface area contributed by atoms with Crippen molar-refractivity contribution in [2.24, 2.45) is 5.92 Å². The van der Waals surface area contributed by atoms with Gasteiger partial charge in [-0.25, -0.2) is 4.98 Å². The summed E-state index contributed by atoms with van der Waals surface area (Å²) in [6.07, 6.45) is 5.12. The molecule has 7 heteroatoms. The molecular weight excluding hydrogens is 985 g/mol. The molecule has 311 valence electrons. The third-order valence-corrected chi connectivity index (χ3v) is 15.5. The van der Waals surface area contributed by atoms with Crippen LogP contribution in [0, 0.1) is 18.1 Å². The van der Waals surface area contributed by atoms with Gasteiger partial charge in [0.1, 0.15) is 5.58 Å². The first kappa shape index (κ1) is 43.9. The molecule has 4 heterocycles. The molecule has 0 bridgehead atoms. The number of rotatable bonds is 9. The monoisotopic (exact) mass is 1040 g/mol. The SMILES string of the molecule is CC(C)Cc1cc(-c2[c-]cccc2)nc[c]1[Ge]([CH3])([CH3])[CH3].CC(C)c1cc(-c2ccccc2)cc(C(C)C)c1-n1c(-c2[c-]ccc3c2oc2ccccc23)nc2cccnc21.[Ir]. The molecule has 9 aromatic rings. The Morgan fingerprint density at radius 3 is 2.07 bits per heavy atom. The standard InChI is InChI=1S/C36H30N3O.C18H24GeN.Ir/c1-22(2)29-20-25(24-12-6-5-7-13-24)21-30(23(3)4)33(29)39-35(38-31-17-11-19-37-36(31)39)28-16-10-15-27-26-14-8-9-18-32(26)40-34(27)28;1-14(2)11-16-12-18(15-9-7-6-8-10-15)20-13-17(16)19(3,4)5;/h5-15,17-23H,1-4H3;6-9,12-14H,11H2,1-5H3;/q2*-1;. The van der Waals surface area contributed by atoms with Gasteiger partial charge in [0.2, 0.25) is 0 Å². The summed E-state index contributed by atoms with van der Waals surface area (Å²) in [7, 11) is 0. The average Bonchev–Trinajstić information content (AvgIpc) is 3.82. The zero-order valence-electron chi connectivity index (χ0n) is 36.7. The number of nitrogens with zero attached hydrogens (tertiary/aromatic N) is 4. The van der Waals surface area contributed by atoms with Crippen molar-refractivity contribution < 1.29 is 24.5 Å². The average molecular weight is 1040 g/mol. The van der Waals surface area contributed by atoms with Crippen molar-refractivity contribution in [2.45, 2.75) is 77.1 Å². The van der Waals surface area contributed by atoms with Gasteiger partial charge in [0.25, 0.3) is 0 Å². The van der Waals surface area contributed by atoms with Gasteiger partial charge in [-0.2, -0.15) is 0 Å². The van der Waals surface area contributed by atoms with E-state index in [4.69, 9.17) is 19.4 Å². The Labute approximate surface area is 377 Å². The molecule has 5 nitrogen and oxygen atoms in total. The first-order chi connectivity index (χ1) is 28.9. The molecule has 0 amide bonds. The van der Waals surface area contributed by atoms with Crippen LogP contribution < -0.4 is 4.40 Å². The zero-order valence-corrected chi connectivity index (χ0v) is 41.2. The molecule has 0 unspecified atom stereocenters. The summed E-state index contributed by atoms with van der Waals surface area (Å²) >= 11 is -1.86. The number of aromatic nitrogens is 4. The van der Waals surface area contributed by atoms with Crippen LogP contribution in [0.1, 0.15) is 70.1 Å². The fraction of sp³-hybridized carbons (Fsp3) is 0.241. The van der Waals surface area contributed by atoms with Crippen molar-refractivity contribution >= 4 is 50.8 Å². The fourth-order valence-electron chi connectivity index (χ4n) is 8.25. The van der Waals surface area contributed by atoms with Crippen LogP contribution in [0.4, 0.5) is 0 Å². The van der Waals surface area contributed by atoms with Crippen LogP contribution in [-0.4, -0.2) is 32.8 Å². The molecule has 1 radical (unpaired) electrons. The van der Waals surface area contributed by atoms with Gasteiger partial charge in [0.05, 0.1) is 16.9 Å². The van der Waals surface area contributed by atoms with Crippen LogP contribution in [0.15, 0.2) is 138 Å². The number of imidazole rings is 1. The Morgan fingerprint density at radius 1 is 0.689 bits per heavy atom. The van der Waals surface area contributed by atoms with Crippen molar-refractivity contribution in [1.82, 2.24) is 19.5 Å². The summed E-state index contributed by atoms with van der Waals surface area (Å²) < 4.78 is 10.2. The number of hydrogen-bond acceptors (Lipinski definition) is 4. The summed E-state index contributed by atoms with van der Waals surface area (Å²) in [5.74, 6) is 9.33. The van der Waals surface area contributed by atoms with E-state index in [1.165, 1.54) is 27.8 Å². The van der Waals surface area contributed by atoms with Crippen LogP contribution >= 0.6 is 0 Å². The molecule has 0 N–H and O–H groups in total. The topological polar surface area (TPSA) is 56.7 Å². The van der Waals surface area contributed by atoms with Gasteiger partial charge in [-0.1, -0.05) is 87.2 Å². The minimum absolute atomic E-state index is 0. The summed E-state index contributed by atoms with van der Waals surface area (Å²) in [6, 6.07) is 48.6. The number of pyridine rings is 2. The maximum absolute atomic E-state index is 6.45. The van der Waals surface area contributed by atoms with Crippen LogP contribution in [0.25, 0.3) is 72.6 Å². The molecule has 0 aliphatic rings. The maximum Gasteiger partial charge on any atom is 0.155 e. The second-order valence-corrected chi connectivity index (χ2v) is 28.4. The van der Waals surface area contributed by atoms with Gasteiger partial charge in [-0.05, 0) is 64.4 Å². The van der Waals surface area contributed by atoms with Crippen LogP contribution in [0.3, 0.4) is 0 Å². The van der Waals surface area contributed by atoms with Crippen molar-refractivity contribution in [2.75, 3.05) is 0 Å². The molecule has 0 saturated carbocycles. The predicted molar refractivity (Wildman–Crippen MR) is 254 cm³/mol. The third kappa shape index (κ3) is 9.09. The van der Waals surface area contributed by atoms with Crippen molar-refractivity contribution in [3.8, 4) is 39.5 Å². The van der Waals surface area contributed by atoms with E-state index in [2.05, 4.69) is 148 Å². The molecule has 0 fully saturated rings.